The first kappa shape index (κ1) is 28.3. The Hall–Kier alpha value is -6.50. The van der Waals surface area contributed by atoms with Gasteiger partial charge in [0.2, 0.25) is 0 Å². The number of fused-ring (bicyclic) bond motifs is 9. The molecule has 1 aliphatic heterocycles. The van der Waals surface area contributed by atoms with E-state index in [-0.39, 0.29) is 6.17 Å². The third-order valence-corrected chi connectivity index (χ3v) is 11.2. The van der Waals surface area contributed by atoms with Gasteiger partial charge >= 0.3 is 0 Å². The van der Waals surface area contributed by atoms with Crippen LogP contribution in [0, 0.1) is 0 Å². The van der Waals surface area contributed by atoms with Crippen molar-refractivity contribution in [3.8, 4) is 5.69 Å². The molecule has 1 unspecified atom stereocenters. The first-order valence-electron chi connectivity index (χ1n) is 17.1. The molecule has 1 aliphatic rings. The molecule has 6 heteroatoms. The number of nitrogens with one attached hydrogen (secondary N) is 1. The van der Waals surface area contributed by atoms with E-state index in [0.29, 0.717) is 5.84 Å². The Morgan fingerprint density at radius 2 is 1.27 bits per heavy atom. The van der Waals surface area contributed by atoms with Crippen molar-refractivity contribution in [2.24, 2.45) is 9.98 Å². The van der Waals surface area contributed by atoms with Crippen molar-refractivity contribution >= 4 is 86.9 Å². The molecule has 4 heterocycles. The number of benzene rings is 7. The Bertz CT molecular complexity index is 3010. The van der Waals surface area contributed by atoms with E-state index >= 15 is 0 Å². The van der Waals surface area contributed by atoms with E-state index in [9.17, 15) is 0 Å². The van der Waals surface area contributed by atoms with Crippen LogP contribution in [0.2, 0.25) is 0 Å². The van der Waals surface area contributed by atoms with Crippen molar-refractivity contribution in [1.29, 1.82) is 0 Å². The molecule has 0 bridgehead atoms. The normalized spacial score (nSPS) is 14.9. The topological polar surface area (TPSA) is 54.8 Å². The van der Waals surface area contributed by atoms with Crippen LogP contribution in [0.3, 0.4) is 0 Å². The molecule has 0 aliphatic carbocycles. The van der Waals surface area contributed by atoms with Crippen molar-refractivity contribution in [2.45, 2.75) is 6.17 Å². The van der Waals surface area contributed by atoms with Gasteiger partial charge < -0.3 is 14.3 Å². The summed E-state index contributed by atoms with van der Waals surface area (Å²) in [6, 6.07) is 55.5. The minimum absolute atomic E-state index is 0.283. The molecule has 5 nitrogen and oxygen atoms in total. The number of aliphatic imine (C=N–C) groups is 2. The van der Waals surface area contributed by atoms with Crippen molar-refractivity contribution in [2.75, 3.05) is 0 Å². The van der Waals surface area contributed by atoms with Crippen LogP contribution in [0.1, 0.15) is 22.9 Å². The Morgan fingerprint density at radius 3 is 2.06 bits per heavy atom. The zero-order chi connectivity index (χ0) is 33.5. The van der Waals surface area contributed by atoms with E-state index in [0.717, 1.165) is 50.2 Å². The molecule has 0 radical (unpaired) electrons. The van der Waals surface area contributed by atoms with Gasteiger partial charge in [-0.3, -0.25) is 0 Å². The number of furan rings is 1. The molecular weight excluding hydrogens is 645 g/mol. The number of amidine groups is 2. The van der Waals surface area contributed by atoms with E-state index in [4.69, 9.17) is 14.4 Å². The monoisotopic (exact) mass is 672 g/mol. The van der Waals surface area contributed by atoms with Gasteiger partial charge in [-0.15, -0.1) is 11.3 Å². The highest BCUT2D eigenvalue weighted by Crippen LogP contribution is 2.42. The SMILES string of the molecule is c1ccc(C2=NC(c3ccccc3)NC(c3cccc4oc5cc6sc7ccc(-n8c9ccccc9c9ccccc98)cc7c6cc5c34)=N2)cc1. The molecule has 0 spiro atoms. The van der Waals surface area contributed by atoms with E-state index in [1.807, 2.05) is 42.5 Å². The number of hydrogen-bond donors (Lipinski definition) is 1. The fourth-order valence-electron chi connectivity index (χ4n) is 7.73. The first-order chi connectivity index (χ1) is 25.3. The highest BCUT2D eigenvalue weighted by molar-refractivity contribution is 7.25. The molecule has 0 amide bonds. The van der Waals surface area contributed by atoms with E-state index in [1.54, 1.807) is 11.3 Å². The fourth-order valence-corrected chi connectivity index (χ4v) is 8.83. The average Bonchev–Trinajstić information content (AvgIpc) is 3.86. The molecule has 1 atom stereocenters. The standard InChI is InChI=1S/C45H28N4OS/c1-3-12-27(13-4-1)43-46-44(28-14-5-2-6-15-28)48-45(47-43)32-18-11-21-38-42(32)35-25-34-33-24-29(22-23-40(33)51-41(34)26-39(35)50-38)49-36-19-9-7-16-30(36)31-17-8-10-20-37(31)49/h1-26,43H,(H,46,47,48). The molecule has 0 saturated carbocycles. The minimum atomic E-state index is -0.283. The Kier molecular flexibility index (Phi) is 6.12. The zero-order valence-corrected chi connectivity index (χ0v) is 28.1. The number of hydrogen-bond acceptors (Lipinski definition) is 5. The van der Waals surface area contributed by atoms with Gasteiger partial charge in [0.1, 0.15) is 23.2 Å². The smallest absolute Gasteiger partial charge is 0.159 e. The van der Waals surface area contributed by atoms with Crippen molar-refractivity contribution in [3.63, 3.8) is 0 Å². The van der Waals surface area contributed by atoms with Gasteiger partial charge in [0.05, 0.1) is 11.0 Å². The zero-order valence-electron chi connectivity index (χ0n) is 27.2. The summed E-state index contributed by atoms with van der Waals surface area (Å²) in [6.07, 6.45) is -0.283. The van der Waals surface area contributed by atoms with Gasteiger partial charge in [-0.1, -0.05) is 109 Å². The van der Waals surface area contributed by atoms with Gasteiger partial charge in [0.15, 0.2) is 5.84 Å². The Morgan fingerprint density at radius 1 is 0.569 bits per heavy atom. The number of para-hydroxylation sites is 2. The molecule has 240 valence electrons. The van der Waals surface area contributed by atoms with Crippen LogP contribution in [0.4, 0.5) is 0 Å². The predicted molar refractivity (Wildman–Crippen MR) is 213 cm³/mol. The average molecular weight is 673 g/mol. The van der Waals surface area contributed by atoms with Gasteiger partial charge in [-0.25, -0.2) is 9.98 Å². The van der Waals surface area contributed by atoms with Crippen molar-refractivity contribution in [1.82, 2.24) is 9.88 Å². The van der Waals surface area contributed by atoms with Gasteiger partial charge in [-0.2, -0.15) is 0 Å². The summed E-state index contributed by atoms with van der Waals surface area (Å²) in [4.78, 5) is 10.2. The maximum atomic E-state index is 6.58. The molecular formula is C45H28N4OS. The second-order valence-electron chi connectivity index (χ2n) is 13.0. The third-order valence-electron chi connectivity index (χ3n) is 10.1. The van der Waals surface area contributed by atoms with Crippen molar-refractivity contribution < 1.29 is 4.42 Å². The lowest BCUT2D eigenvalue weighted by molar-refractivity contribution is 0.668. The Balaban J connectivity index is 1.11. The number of nitrogens with zero attached hydrogens (tertiary/aromatic N) is 3. The lowest BCUT2D eigenvalue weighted by Crippen LogP contribution is -2.33. The van der Waals surface area contributed by atoms with Crippen molar-refractivity contribution in [3.05, 3.63) is 174 Å². The highest BCUT2D eigenvalue weighted by atomic mass is 32.1. The molecule has 7 aromatic carbocycles. The number of rotatable bonds is 4. The van der Waals surface area contributed by atoms with Gasteiger partial charge in [0, 0.05) is 58.5 Å². The van der Waals surface area contributed by atoms with E-state index < -0.39 is 0 Å². The van der Waals surface area contributed by atoms with Crippen LogP contribution >= 0.6 is 11.3 Å². The van der Waals surface area contributed by atoms with Crippen LogP contribution in [-0.2, 0) is 0 Å². The molecule has 0 fully saturated rings. The first-order valence-corrected chi connectivity index (χ1v) is 17.9. The van der Waals surface area contributed by atoms with E-state index in [1.165, 1.54) is 42.0 Å². The molecule has 0 saturated heterocycles. The lowest BCUT2D eigenvalue weighted by atomic mass is 10.0. The molecule has 3 aromatic heterocycles. The summed E-state index contributed by atoms with van der Waals surface area (Å²) in [5.41, 5.74) is 8.31. The minimum Gasteiger partial charge on any atom is -0.456 e. The van der Waals surface area contributed by atoms with Crippen LogP contribution in [0.5, 0.6) is 0 Å². The van der Waals surface area contributed by atoms with Crippen LogP contribution in [0.25, 0.3) is 69.6 Å². The number of aromatic nitrogens is 1. The molecule has 51 heavy (non-hydrogen) atoms. The third kappa shape index (κ3) is 4.40. The second-order valence-corrected chi connectivity index (χ2v) is 14.1. The highest BCUT2D eigenvalue weighted by Gasteiger charge is 2.24. The maximum absolute atomic E-state index is 6.58. The summed E-state index contributed by atoms with van der Waals surface area (Å²) in [7, 11) is 0. The summed E-state index contributed by atoms with van der Waals surface area (Å²) < 4.78 is 11.4. The Labute approximate surface area is 296 Å². The van der Waals surface area contributed by atoms with Crippen LogP contribution in [-0.4, -0.2) is 16.2 Å². The van der Waals surface area contributed by atoms with Gasteiger partial charge in [0.25, 0.3) is 0 Å². The molecule has 1 N–H and O–H groups in total. The molecule has 10 aromatic rings. The quantitative estimate of drug-likeness (QED) is 0.202. The summed E-state index contributed by atoms with van der Waals surface area (Å²) in [5.74, 6) is 1.47. The summed E-state index contributed by atoms with van der Waals surface area (Å²) >= 11 is 1.81. The van der Waals surface area contributed by atoms with E-state index in [2.05, 4.69) is 125 Å². The largest absolute Gasteiger partial charge is 0.456 e. The lowest BCUT2D eigenvalue weighted by Gasteiger charge is -2.24. The second kappa shape index (κ2) is 11.0. The predicted octanol–water partition coefficient (Wildman–Crippen LogP) is 11.5. The van der Waals surface area contributed by atoms with Crippen LogP contribution < -0.4 is 5.32 Å². The fraction of sp³-hybridized carbons (Fsp3) is 0.0222. The summed E-state index contributed by atoms with van der Waals surface area (Å²) in [5, 5.41) is 10.8. The summed E-state index contributed by atoms with van der Waals surface area (Å²) in [6.45, 7) is 0. The maximum Gasteiger partial charge on any atom is 0.159 e. The molecule has 11 rings (SSSR count). The van der Waals surface area contributed by atoms with Crippen LogP contribution in [0.15, 0.2) is 172 Å². The van der Waals surface area contributed by atoms with Gasteiger partial charge in [-0.05, 0) is 54.1 Å². The number of thiophene rings is 1.